The molecule has 2 aliphatic rings. The van der Waals surface area contributed by atoms with Crippen LogP contribution in [0.25, 0.3) is 10.9 Å². The molecule has 0 bridgehead atoms. The van der Waals surface area contributed by atoms with Crippen molar-refractivity contribution in [3.8, 4) is 0 Å². The number of ether oxygens (including phenoxy) is 1. The van der Waals surface area contributed by atoms with Crippen molar-refractivity contribution in [2.24, 2.45) is 5.92 Å². The van der Waals surface area contributed by atoms with Gasteiger partial charge in [-0.05, 0) is 47.9 Å². The van der Waals surface area contributed by atoms with E-state index in [2.05, 4.69) is 51.2 Å². The zero-order valence-electron chi connectivity index (χ0n) is 18.8. The number of morpholine rings is 1. The number of rotatable bonds is 6. The summed E-state index contributed by atoms with van der Waals surface area (Å²) in [5.74, 6) is 0.915. The summed E-state index contributed by atoms with van der Waals surface area (Å²) in [6.45, 7) is 6.52. The summed E-state index contributed by atoms with van der Waals surface area (Å²) in [6.07, 6.45) is 5.77. The summed E-state index contributed by atoms with van der Waals surface area (Å²) >= 11 is 0. The highest BCUT2D eigenvalue weighted by Crippen LogP contribution is 2.24. The molecule has 1 aromatic heterocycles. The second-order valence-electron chi connectivity index (χ2n) is 9.27. The van der Waals surface area contributed by atoms with Crippen molar-refractivity contribution in [1.29, 1.82) is 0 Å². The van der Waals surface area contributed by atoms with Gasteiger partial charge in [-0.2, -0.15) is 0 Å². The molecule has 2 fully saturated rings. The summed E-state index contributed by atoms with van der Waals surface area (Å²) in [5.41, 5.74) is 5.00. The average molecular weight is 432 g/mol. The summed E-state index contributed by atoms with van der Waals surface area (Å²) in [5, 5.41) is 1.16. The van der Waals surface area contributed by atoms with E-state index >= 15 is 0 Å². The number of para-hydroxylation sites is 1. The topological polar surface area (TPSA) is 48.6 Å². The molecule has 168 valence electrons. The van der Waals surface area contributed by atoms with Crippen molar-refractivity contribution >= 4 is 16.8 Å². The van der Waals surface area contributed by atoms with Crippen LogP contribution in [-0.2, 0) is 28.9 Å². The summed E-state index contributed by atoms with van der Waals surface area (Å²) in [4.78, 5) is 20.7. The molecular formula is C27H33N3O2. The predicted molar refractivity (Wildman–Crippen MR) is 128 cm³/mol. The van der Waals surface area contributed by atoms with Crippen LogP contribution in [0, 0.1) is 5.92 Å². The molecule has 5 heteroatoms. The SMILES string of the molecule is O=C(Cc1c[nH]c2ccccc12)N1CCC(Cc2ccc(CN3CCOCC3)cc2)CC1. The minimum absolute atomic E-state index is 0.251. The van der Waals surface area contributed by atoms with E-state index in [0.717, 1.165) is 81.7 Å². The molecule has 0 aliphatic carbocycles. The number of nitrogens with zero attached hydrogens (tertiary/aromatic N) is 2. The second kappa shape index (κ2) is 9.88. The van der Waals surface area contributed by atoms with Crippen LogP contribution in [-0.4, -0.2) is 60.1 Å². The first-order chi connectivity index (χ1) is 15.7. The van der Waals surface area contributed by atoms with E-state index in [9.17, 15) is 4.79 Å². The van der Waals surface area contributed by atoms with Gasteiger partial charge in [0.05, 0.1) is 19.6 Å². The van der Waals surface area contributed by atoms with Crippen molar-refractivity contribution in [2.45, 2.75) is 32.2 Å². The Morgan fingerprint density at radius 2 is 1.66 bits per heavy atom. The van der Waals surface area contributed by atoms with Crippen LogP contribution in [0.1, 0.15) is 29.5 Å². The molecule has 5 rings (SSSR count). The van der Waals surface area contributed by atoms with E-state index in [1.807, 2.05) is 18.3 Å². The molecule has 1 N–H and O–H groups in total. The van der Waals surface area contributed by atoms with Crippen molar-refractivity contribution in [1.82, 2.24) is 14.8 Å². The quantitative estimate of drug-likeness (QED) is 0.641. The standard InChI is InChI=1S/C27H33N3O2/c31-27(18-24-19-28-26-4-2-1-3-25(24)26)30-11-9-22(10-12-30)17-21-5-7-23(8-6-21)20-29-13-15-32-16-14-29/h1-8,19,22,28H,9-18,20H2. The van der Waals surface area contributed by atoms with E-state index in [4.69, 9.17) is 4.74 Å². The number of H-pyrrole nitrogens is 1. The molecule has 3 aromatic rings. The number of piperidine rings is 1. The van der Waals surface area contributed by atoms with E-state index < -0.39 is 0 Å². The fourth-order valence-electron chi connectivity index (χ4n) is 5.07. The van der Waals surface area contributed by atoms with Crippen LogP contribution >= 0.6 is 0 Å². The van der Waals surface area contributed by atoms with Crippen LogP contribution in [0.4, 0.5) is 0 Å². The van der Waals surface area contributed by atoms with Crippen molar-refractivity contribution in [3.63, 3.8) is 0 Å². The molecule has 0 spiro atoms. The Kier molecular flexibility index (Phi) is 6.56. The Labute approximate surface area is 190 Å². The highest BCUT2D eigenvalue weighted by atomic mass is 16.5. The first-order valence-corrected chi connectivity index (χ1v) is 12.0. The minimum atomic E-state index is 0.251. The van der Waals surface area contributed by atoms with Gasteiger partial charge in [0.25, 0.3) is 0 Å². The molecule has 3 heterocycles. The Morgan fingerprint density at radius 1 is 0.938 bits per heavy atom. The lowest BCUT2D eigenvalue weighted by Gasteiger charge is -2.32. The second-order valence-corrected chi connectivity index (χ2v) is 9.27. The number of carbonyl (C=O) groups is 1. The van der Waals surface area contributed by atoms with Crippen molar-refractivity contribution in [2.75, 3.05) is 39.4 Å². The zero-order chi connectivity index (χ0) is 21.8. The average Bonchev–Trinajstić information content (AvgIpc) is 3.24. The minimum Gasteiger partial charge on any atom is -0.379 e. The van der Waals surface area contributed by atoms with Crippen LogP contribution < -0.4 is 0 Å². The van der Waals surface area contributed by atoms with Crippen LogP contribution in [0.2, 0.25) is 0 Å². The van der Waals surface area contributed by atoms with Crippen molar-refractivity contribution in [3.05, 3.63) is 71.4 Å². The molecular weight excluding hydrogens is 398 g/mol. The van der Waals surface area contributed by atoms with Crippen LogP contribution in [0.15, 0.2) is 54.7 Å². The van der Waals surface area contributed by atoms with E-state index in [1.54, 1.807) is 0 Å². The lowest BCUT2D eigenvalue weighted by atomic mass is 9.89. The lowest BCUT2D eigenvalue weighted by molar-refractivity contribution is -0.131. The molecule has 2 aliphatic heterocycles. The largest absolute Gasteiger partial charge is 0.379 e. The molecule has 0 atom stereocenters. The number of likely N-dealkylation sites (tertiary alicyclic amines) is 1. The number of benzene rings is 2. The molecule has 0 radical (unpaired) electrons. The molecule has 0 saturated carbocycles. The number of aromatic amines is 1. The number of hydrogen-bond acceptors (Lipinski definition) is 3. The monoisotopic (exact) mass is 431 g/mol. The van der Waals surface area contributed by atoms with Gasteiger partial charge < -0.3 is 14.6 Å². The number of amides is 1. The summed E-state index contributed by atoms with van der Waals surface area (Å²) in [7, 11) is 0. The third kappa shape index (κ3) is 5.05. The molecule has 5 nitrogen and oxygen atoms in total. The Bertz CT molecular complexity index is 1030. The number of fused-ring (bicyclic) bond motifs is 1. The van der Waals surface area contributed by atoms with Gasteiger partial charge in [0.2, 0.25) is 5.91 Å². The smallest absolute Gasteiger partial charge is 0.227 e. The first-order valence-electron chi connectivity index (χ1n) is 12.0. The van der Waals surface area contributed by atoms with Gasteiger partial charge in [-0.1, -0.05) is 42.5 Å². The maximum absolute atomic E-state index is 12.9. The Morgan fingerprint density at radius 3 is 2.44 bits per heavy atom. The van der Waals surface area contributed by atoms with Gasteiger partial charge in [-0.15, -0.1) is 0 Å². The predicted octanol–water partition coefficient (Wildman–Crippen LogP) is 4.02. The van der Waals surface area contributed by atoms with Gasteiger partial charge in [0.15, 0.2) is 0 Å². The van der Waals surface area contributed by atoms with Crippen LogP contribution in [0.5, 0.6) is 0 Å². The molecule has 2 saturated heterocycles. The molecule has 2 aromatic carbocycles. The highest BCUT2D eigenvalue weighted by Gasteiger charge is 2.23. The third-order valence-electron chi connectivity index (χ3n) is 7.04. The molecule has 0 unspecified atom stereocenters. The first kappa shape index (κ1) is 21.2. The van der Waals surface area contributed by atoms with Crippen LogP contribution in [0.3, 0.4) is 0 Å². The number of carbonyl (C=O) groups excluding carboxylic acids is 1. The number of aromatic nitrogens is 1. The normalized spacial score (nSPS) is 18.3. The Balaban J connectivity index is 1.09. The third-order valence-corrected chi connectivity index (χ3v) is 7.04. The van der Waals surface area contributed by atoms with Gasteiger partial charge in [-0.25, -0.2) is 0 Å². The van der Waals surface area contributed by atoms with Gasteiger partial charge in [0.1, 0.15) is 0 Å². The molecule has 32 heavy (non-hydrogen) atoms. The van der Waals surface area contributed by atoms with E-state index in [-0.39, 0.29) is 5.91 Å². The van der Waals surface area contributed by atoms with E-state index in [1.165, 1.54) is 11.1 Å². The number of hydrogen-bond donors (Lipinski definition) is 1. The fraction of sp³-hybridized carbons (Fsp3) is 0.444. The Hall–Kier alpha value is -2.63. The molecule has 1 amide bonds. The lowest BCUT2D eigenvalue weighted by Crippen LogP contribution is -2.39. The van der Waals surface area contributed by atoms with Gasteiger partial charge in [-0.3, -0.25) is 9.69 Å². The van der Waals surface area contributed by atoms with Gasteiger partial charge in [0, 0.05) is 49.8 Å². The van der Waals surface area contributed by atoms with Gasteiger partial charge >= 0.3 is 0 Å². The number of nitrogens with one attached hydrogen (secondary N) is 1. The summed E-state index contributed by atoms with van der Waals surface area (Å²) in [6, 6.07) is 17.4. The van der Waals surface area contributed by atoms with Crippen molar-refractivity contribution < 1.29 is 9.53 Å². The van der Waals surface area contributed by atoms with E-state index in [0.29, 0.717) is 12.3 Å². The maximum atomic E-state index is 12.9. The highest BCUT2D eigenvalue weighted by molar-refractivity contribution is 5.88. The summed E-state index contributed by atoms with van der Waals surface area (Å²) < 4.78 is 5.44. The zero-order valence-corrected chi connectivity index (χ0v) is 18.8. The maximum Gasteiger partial charge on any atom is 0.227 e. The fourth-order valence-corrected chi connectivity index (χ4v) is 5.07.